The van der Waals surface area contributed by atoms with Gasteiger partial charge in [-0.25, -0.2) is 5.06 Å². The van der Waals surface area contributed by atoms with Crippen molar-refractivity contribution in [2.75, 3.05) is 5.73 Å². The first-order valence-corrected chi connectivity index (χ1v) is 5.79. The van der Waals surface area contributed by atoms with E-state index in [4.69, 9.17) is 10.6 Å². The highest BCUT2D eigenvalue weighted by Crippen LogP contribution is 2.29. The van der Waals surface area contributed by atoms with Crippen molar-refractivity contribution in [3.8, 4) is 0 Å². The number of nitrogens with two attached hydrogens (primary N) is 1. The molecule has 0 aromatic heterocycles. The van der Waals surface area contributed by atoms with E-state index < -0.39 is 0 Å². The number of para-hydroxylation sites is 1. The Labute approximate surface area is 99.6 Å². The molecule has 1 amide bonds. The van der Waals surface area contributed by atoms with Crippen LogP contribution in [0, 0.1) is 0 Å². The van der Waals surface area contributed by atoms with Gasteiger partial charge in [0, 0.05) is 5.69 Å². The molecule has 1 aromatic rings. The van der Waals surface area contributed by atoms with Crippen LogP contribution in [0.5, 0.6) is 0 Å². The molecular formula is C13H14N2O2. The Morgan fingerprint density at radius 1 is 1.29 bits per heavy atom. The Morgan fingerprint density at radius 3 is 2.71 bits per heavy atom. The van der Waals surface area contributed by atoms with Gasteiger partial charge in [-0.05, 0) is 25.0 Å². The van der Waals surface area contributed by atoms with Crippen molar-refractivity contribution < 1.29 is 9.63 Å². The zero-order valence-electron chi connectivity index (χ0n) is 9.37. The molecule has 1 aliphatic carbocycles. The number of amides is 1. The standard InChI is InChI=1S/C13H14N2O2/c14-12-4-2-1-3-11(12)13(16)15-9-5-7-10(17-15)8-6-9/h1-5,7,9-10H,6,8,14H2/t9-,10+/m0/s1. The maximum atomic E-state index is 12.3. The second-order valence-corrected chi connectivity index (χ2v) is 4.39. The molecule has 2 heterocycles. The molecule has 3 aliphatic rings. The maximum absolute atomic E-state index is 12.3. The Morgan fingerprint density at radius 2 is 2.12 bits per heavy atom. The molecule has 4 rings (SSSR count). The smallest absolute Gasteiger partial charge is 0.280 e. The van der Waals surface area contributed by atoms with Gasteiger partial charge in [-0.3, -0.25) is 9.63 Å². The van der Waals surface area contributed by atoms with Crippen molar-refractivity contribution in [3.63, 3.8) is 0 Å². The highest BCUT2D eigenvalue weighted by molar-refractivity contribution is 5.98. The Balaban J connectivity index is 1.89. The average Bonchev–Trinajstić information content (AvgIpc) is 2.40. The van der Waals surface area contributed by atoms with Crippen LogP contribution >= 0.6 is 0 Å². The van der Waals surface area contributed by atoms with Gasteiger partial charge in [-0.2, -0.15) is 0 Å². The van der Waals surface area contributed by atoms with Gasteiger partial charge in [0.2, 0.25) is 0 Å². The minimum absolute atomic E-state index is 0.0360. The third-order valence-corrected chi connectivity index (χ3v) is 3.24. The fourth-order valence-corrected chi connectivity index (χ4v) is 2.30. The molecule has 2 atom stereocenters. The SMILES string of the molecule is Nc1ccccc1C(=O)N1O[C@@H]2C=C[C@H]1CC2. The van der Waals surface area contributed by atoms with E-state index in [2.05, 4.69) is 0 Å². The molecule has 1 saturated heterocycles. The second kappa shape index (κ2) is 3.89. The summed E-state index contributed by atoms with van der Waals surface area (Å²) in [5, 5.41) is 1.46. The Bertz CT molecular complexity index is 484. The first kappa shape index (κ1) is 10.4. The van der Waals surface area contributed by atoms with Gasteiger partial charge < -0.3 is 5.73 Å². The zero-order chi connectivity index (χ0) is 11.8. The number of fused-ring (bicyclic) bond motifs is 2. The fraction of sp³-hybridized carbons (Fsp3) is 0.308. The number of hydrogen-bond acceptors (Lipinski definition) is 3. The lowest BCUT2D eigenvalue weighted by atomic mass is 9.97. The predicted octanol–water partition coefficient (Wildman–Crippen LogP) is 1.74. The van der Waals surface area contributed by atoms with Crippen LogP contribution in [0.3, 0.4) is 0 Å². The molecule has 0 radical (unpaired) electrons. The first-order valence-electron chi connectivity index (χ1n) is 5.79. The first-order chi connectivity index (χ1) is 8.25. The Hall–Kier alpha value is -1.81. The molecule has 4 heteroatoms. The van der Waals surface area contributed by atoms with Gasteiger partial charge in [0.25, 0.3) is 5.91 Å². The topological polar surface area (TPSA) is 55.6 Å². The summed E-state index contributed by atoms with van der Waals surface area (Å²) < 4.78 is 0. The molecule has 2 aliphatic heterocycles. The minimum Gasteiger partial charge on any atom is -0.398 e. The van der Waals surface area contributed by atoms with Crippen LogP contribution in [0.15, 0.2) is 36.4 Å². The molecule has 2 N–H and O–H groups in total. The normalized spacial score (nSPS) is 26.2. The van der Waals surface area contributed by atoms with Crippen LogP contribution in [0.2, 0.25) is 0 Å². The lowest BCUT2D eigenvalue weighted by Crippen LogP contribution is -2.48. The summed E-state index contributed by atoms with van der Waals surface area (Å²) in [6.45, 7) is 0. The summed E-state index contributed by atoms with van der Waals surface area (Å²) in [5.74, 6) is -0.151. The number of nitrogens with zero attached hydrogens (tertiary/aromatic N) is 1. The minimum atomic E-state index is -0.151. The van der Waals surface area contributed by atoms with Gasteiger partial charge in [0.15, 0.2) is 0 Å². The lowest BCUT2D eigenvalue weighted by molar-refractivity contribution is -0.197. The van der Waals surface area contributed by atoms with Crippen LogP contribution in [0.25, 0.3) is 0 Å². The van der Waals surface area contributed by atoms with Crippen LogP contribution in [0.1, 0.15) is 23.2 Å². The third-order valence-electron chi connectivity index (χ3n) is 3.24. The number of carbonyl (C=O) groups is 1. The maximum Gasteiger partial charge on any atom is 0.280 e. The largest absolute Gasteiger partial charge is 0.398 e. The summed E-state index contributed by atoms with van der Waals surface area (Å²) in [7, 11) is 0. The molecule has 0 unspecified atom stereocenters. The number of carbonyl (C=O) groups excluding carboxylic acids is 1. The summed E-state index contributed by atoms with van der Waals surface area (Å²) in [6, 6.07) is 7.13. The van der Waals surface area contributed by atoms with Gasteiger partial charge in [-0.15, -0.1) is 0 Å². The summed E-state index contributed by atoms with van der Waals surface area (Å²) in [4.78, 5) is 17.9. The van der Waals surface area contributed by atoms with Gasteiger partial charge >= 0.3 is 0 Å². The number of hydrogen-bond donors (Lipinski definition) is 1. The van der Waals surface area contributed by atoms with Crippen molar-refractivity contribution in [1.82, 2.24) is 5.06 Å². The van der Waals surface area contributed by atoms with Gasteiger partial charge in [-0.1, -0.05) is 24.3 Å². The van der Waals surface area contributed by atoms with Gasteiger partial charge in [0.05, 0.1) is 11.6 Å². The molecule has 4 nitrogen and oxygen atoms in total. The number of nitrogen functional groups attached to an aromatic ring is 1. The molecule has 1 aromatic carbocycles. The molecule has 17 heavy (non-hydrogen) atoms. The number of hydroxylamine groups is 2. The van der Waals surface area contributed by atoms with Crippen LogP contribution in [-0.4, -0.2) is 23.1 Å². The van der Waals surface area contributed by atoms with Crippen LogP contribution < -0.4 is 5.73 Å². The van der Waals surface area contributed by atoms with Gasteiger partial charge in [0.1, 0.15) is 6.10 Å². The fourth-order valence-electron chi connectivity index (χ4n) is 2.30. The Kier molecular flexibility index (Phi) is 2.37. The van der Waals surface area contributed by atoms with Crippen LogP contribution in [0.4, 0.5) is 5.69 Å². The van der Waals surface area contributed by atoms with Crippen molar-refractivity contribution in [3.05, 3.63) is 42.0 Å². The van der Waals surface area contributed by atoms with Crippen molar-refractivity contribution >= 4 is 11.6 Å². The second-order valence-electron chi connectivity index (χ2n) is 4.39. The molecule has 88 valence electrons. The van der Waals surface area contributed by atoms with E-state index in [9.17, 15) is 4.79 Å². The third kappa shape index (κ3) is 1.70. The average molecular weight is 230 g/mol. The molecule has 1 fully saturated rings. The van der Waals surface area contributed by atoms with E-state index in [0.29, 0.717) is 11.3 Å². The van der Waals surface area contributed by atoms with Crippen LogP contribution in [-0.2, 0) is 4.84 Å². The van der Waals surface area contributed by atoms with E-state index in [1.54, 1.807) is 12.1 Å². The van der Waals surface area contributed by atoms with E-state index in [1.165, 1.54) is 5.06 Å². The molecule has 0 spiro atoms. The van der Waals surface area contributed by atoms with E-state index in [-0.39, 0.29) is 18.1 Å². The van der Waals surface area contributed by atoms with Crippen molar-refractivity contribution in [2.24, 2.45) is 0 Å². The quantitative estimate of drug-likeness (QED) is 0.590. The number of anilines is 1. The van der Waals surface area contributed by atoms with E-state index in [1.807, 2.05) is 24.3 Å². The molecule has 2 bridgehead atoms. The monoisotopic (exact) mass is 230 g/mol. The predicted molar refractivity (Wildman–Crippen MR) is 64.1 cm³/mol. The summed E-state index contributed by atoms with van der Waals surface area (Å²) in [5.41, 5.74) is 6.81. The van der Waals surface area contributed by atoms with E-state index in [0.717, 1.165) is 12.8 Å². The van der Waals surface area contributed by atoms with Crippen molar-refractivity contribution in [1.29, 1.82) is 0 Å². The van der Waals surface area contributed by atoms with Crippen molar-refractivity contribution in [2.45, 2.75) is 25.0 Å². The number of benzene rings is 1. The highest BCUT2D eigenvalue weighted by Gasteiger charge is 2.35. The summed E-state index contributed by atoms with van der Waals surface area (Å²) >= 11 is 0. The number of rotatable bonds is 1. The summed E-state index contributed by atoms with van der Waals surface area (Å²) in [6.07, 6.45) is 6.03. The molecular weight excluding hydrogens is 216 g/mol. The highest BCUT2D eigenvalue weighted by atomic mass is 16.7. The van der Waals surface area contributed by atoms with E-state index >= 15 is 0 Å². The lowest BCUT2D eigenvalue weighted by Gasteiger charge is -2.40. The molecule has 0 saturated carbocycles. The zero-order valence-corrected chi connectivity index (χ0v) is 9.37.